The first-order valence-electron chi connectivity index (χ1n) is 8.44. The van der Waals surface area contributed by atoms with Crippen molar-refractivity contribution in [1.29, 1.82) is 0 Å². The Bertz CT molecular complexity index is 779. The van der Waals surface area contributed by atoms with E-state index < -0.39 is 6.04 Å². The predicted molar refractivity (Wildman–Crippen MR) is 91.4 cm³/mol. The predicted octanol–water partition coefficient (Wildman–Crippen LogP) is 1.78. The van der Waals surface area contributed by atoms with Gasteiger partial charge in [-0.15, -0.1) is 0 Å². The largest absolute Gasteiger partial charge is 0.467 e. The number of aromatic nitrogens is 2. The zero-order valence-corrected chi connectivity index (χ0v) is 15.2. The first-order chi connectivity index (χ1) is 11.9. The lowest BCUT2D eigenvalue weighted by atomic mass is 10.1. The molecule has 7 nitrogen and oxygen atoms in total. The molecule has 25 heavy (non-hydrogen) atoms. The molecule has 134 valence electrons. The second-order valence-electron chi connectivity index (χ2n) is 6.62. The average Bonchev–Trinajstić information content (AvgIpc) is 3.26. The van der Waals surface area contributed by atoms with Gasteiger partial charge in [-0.2, -0.15) is 5.10 Å². The zero-order valence-electron chi connectivity index (χ0n) is 15.2. The standard InChI is InChI=1S/C18H24N4O3/c1-12-15(13(2)21(4)19-12)11-20(3)18(24)16-7-8-17(23)22(16)10-14-6-5-9-25-14/h5-6,9,16H,7-8,10-11H2,1-4H3. The molecular weight excluding hydrogens is 320 g/mol. The molecule has 0 aliphatic carbocycles. The number of hydrogen-bond donors (Lipinski definition) is 0. The van der Waals surface area contributed by atoms with Crippen LogP contribution in [0.3, 0.4) is 0 Å². The quantitative estimate of drug-likeness (QED) is 0.829. The van der Waals surface area contributed by atoms with Gasteiger partial charge in [0.1, 0.15) is 11.8 Å². The molecule has 0 bridgehead atoms. The summed E-state index contributed by atoms with van der Waals surface area (Å²) in [5, 5.41) is 4.40. The summed E-state index contributed by atoms with van der Waals surface area (Å²) in [4.78, 5) is 28.5. The van der Waals surface area contributed by atoms with E-state index in [4.69, 9.17) is 4.42 Å². The van der Waals surface area contributed by atoms with Gasteiger partial charge in [0.2, 0.25) is 11.8 Å². The van der Waals surface area contributed by atoms with Crippen LogP contribution in [-0.2, 0) is 29.7 Å². The molecule has 0 N–H and O–H groups in total. The zero-order chi connectivity index (χ0) is 18.1. The van der Waals surface area contributed by atoms with Gasteiger partial charge in [-0.25, -0.2) is 0 Å². The summed E-state index contributed by atoms with van der Waals surface area (Å²) in [5.74, 6) is 0.645. The molecule has 3 rings (SSSR count). The van der Waals surface area contributed by atoms with E-state index in [9.17, 15) is 9.59 Å². The van der Waals surface area contributed by atoms with Gasteiger partial charge in [0.25, 0.3) is 0 Å². The number of nitrogens with zero attached hydrogens (tertiary/aromatic N) is 4. The number of furan rings is 1. The van der Waals surface area contributed by atoms with Crippen LogP contribution in [0.4, 0.5) is 0 Å². The monoisotopic (exact) mass is 344 g/mol. The first kappa shape index (κ1) is 17.3. The summed E-state index contributed by atoms with van der Waals surface area (Å²) in [7, 11) is 3.68. The van der Waals surface area contributed by atoms with Gasteiger partial charge in [-0.1, -0.05) is 0 Å². The van der Waals surface area contributed by atoms with Crippen molar-refractivity contribution in [2.45, 2.75) is 45.8 Å². The Morgan fingerprint density at radius 1 is 1.44 bits per heavy atom. The minimum absolute atomic E-state index is 0.00288. The maximum Gasteiger partial charge on any atom is 0.245 e. The third-order valence-electron chi connectivity index (χ3n) is 4.95. The maximum absolute atomic E-state index is 12.9. The lowest BCUT2D eigenvalue weighted by Crippen LogP contribution is -2.44. The van der Waals surface area contributed by atoms with Gasteiger partial charge >= 0.3 is 0 Å². The Hall–Kier alpha value is -2.57. The summed E-state index contributed by atoms with van der Waals surface area (Å²) >= 11 is 0. The van der Waals surface area contributed by atoms with Gasteiger partial charge in [0.05, 0.1) is 18.5 Å². The molecule has 0 radical (unpaired) electrons. The highest BCUT2D eigenvalue weighted by molar-refractivity contribution is 5.90. The van der Waals surface area contributed by atoms with Crippen molar-refractivity contribution in [3.8, 4) is 0 Å². The second kappa shape index (κ2) is 6.74. The van der Waals surface area contributed by atoms with Crippen molar-refractivity contribution in [3.05, 3.63) is 41.1 Å². The molecule has 2 aromatic rings. The van der Waals surface area contributed by atoms with E-state index in [1.807, 2.05) is 31.6 Å². The fourth-order valence-electron chi connectivity index (χ4n) is 3.37. The van der Waals surface area contributed by atoms with Gasteiger partial charge in [0, 0.05) is 38.3 Å². The second-order valence-corrected chi connectivity index (χ2v) is 6.62. The molecular formula is C18H24N4O3. The molecule has 7 heteroatoms. The van der Waals surface area contributed by atoms with Crippen LogP contribution < -0.4 is 0 Å². The SMILES string of the molecule is Cc1nn(C)c(C)c1CN(C)C(=O)C1CCC(=O)N1Cc1ccco1. The van der Waals surface area contributed by atoms with E-state index in [1.54, 1.807) is 29.2 Å². The van der Waals surface area contributed by atoms with Crippen LogP contribution in [0, 0.1) is 13.8 Å². The van der Waals surface area contributed by atoms with Crippen LogP contribution in [0.15, 0.2) is 22.8 Å². The third kappa shape index (κ3) is 3.31. The minimum atomic E-state index is -0.431. The van der Waals surface area contributed by atoms with Crippen molar-refractivity contribution in [3.63, 3.8) is 0 Å². The number of amides is 2. The van der Waals surface area contributed by atoms with Gasteiger partial charge in [-0.05, 0) is 32.4 Å². The number of carbonyl (C=O) groups is 2. The van der Waals surface area contributed by atoms with E-state index in [0.29, 0.717) is 31.7 Å². The lowest BCUT2D eigenvalue weighted by Gasteiger charge is -2.27. The number of rotatable bonds is 5. The molecule has 1 aliphatic heterocycles. The summed E-state index contributed by atoms with van der Waals surface area (Å²) in [6.45, 7) is 4.77. The highest BCUT2D eigenvalue weighted by Crippen LogP contribution is 2.24. The van der Waals surface area contributed by atoms with Crippen molar-refractivity contribution in [2.24, 2.45) is 7.05 Å². The van der Waals surface area contributed by atoms with Crippen molar-refractivity contribution in [2.75, 3.05) is 7.05 Å². The lowest BCUT2D eigenvalue weighted by molar-refractivity contribution is -0.141. The molecule has 1 saturated heterocycles. The van der Waals surface area contributed by atoms with E-state index >= 15 is 0 Å². The fraction of sp³-hybridized carbons (Fsp3) is 0.500. The maximum atomic E-state index is 12.9. The summed E-state index contributed by atoms with van der Waals surface area (Å²) in [6.07, 6.45) is 2.52. The highest BCUT2D eigenvalue weighted by atomic mass is 16.3. The molecule has 2 aromatic heterocycles. The molecule has 2 amide bonds. The number of hydrogen-bond acceptors (Lipinski definition) is 4. The van der Waals surface area contributed by atoms with Gasteiger partial charge < -0.3 is 14.2 Å². The fourth-order valence-corrected chi connectivity index (χ4v) is 3.37. The minimum Gasteiger partial charge on any atom is -0.467 e. The molecule has 0 saturated carbocycles. The first-order valence-corrected chi connectivity index (χ1v) is 8.44. The molecule has 0 spiro atoms. The van der Waals surface area contributed by atoms with Crippen LogP contribution in [0.2, 0.25) is 0 Å². The summed E-state index contributed by atoms with van der Waals surface area (Å²) < 4.78 is 7.16. The normalized spacial score (nSPS) is 17.4. The Morgan fingerprint density at radius 3 is 2.80 bits per heavy atom. The summed E-state index contributed by atoms with van der Waals surface area (Å²) in [6, 6.07) is 3.17. The molecule has 3 heterocycles. The van der Waals surface area contributed by atoms with Crippen LogP contribution in [-0.4, -0.2) is 44.5 Å². The Kier molecular flexibility index (Phi) is 4.65. The molecule has 0 aromatic carbocycles. The van der Waals surface area contributed by atoms with E-state index in [2.05, 4.69) is 5.10 Å². The third-order valence-corrected chi connectivity index (χ3v) is 4.95. The Labute approximate surface area is 147 Å². The number of aryl methyl sites for hydroxylation is 2. The topological polar surface area (TPSA) is 71.6 Å². The number of carbonyl (C=O) groups excluding carboxylic acids is 2. The number of likely N-dealkylation sites (tertiary alicyclic amines) is 1. The van der Waals surface area contributed by atoms with Gasteiger partial charge in [-0.3, -0.25) is 14.3 Å². The van der Waals surface area contributed by atoms with Crippen molar-refractivity contribution >= 4 is 11.8 Å². The Balaban J connectivity index is 1.73. The van der Waals surface area contributed by atoms with E-state index in [-0.39, 0.29) is 11.8 Å². The highest BCUT2D eigenvalue weighted by Gasteiger charge is 2.38. The smallest absolute Gasteiger partial charge is 0.245 e. The summed E-state index contributed by atoms with van der Waals surface area (Å²) in [5.41, 5.74) is 3.03. The van der Waals surface area contributed by atoms with E-state index in [1.165, 1.54) is 0 Å². The van der Waals surface area contributed by atoms with Crippen LogP contribution in [0.25, 0.3) is 0 Å². The van der Waals surface area contributed by atoms with Crippen LogP contribution in [0.5, 0.6) is 0 Å². The molecule has 1 atom stereocenters. The van der Waals surface area contributed by atoms with Crippen molar-refractivity contribution in [1.82, 2.24) is 19.6 Å². The van der Waals surface area contributed by atoms with Crippen LogP contribution in [0.1, 0.15) is 35.6 Å². The van der Waals surface area contributed by atoms with E-state index in [0.717, 1.165) is 17.0 Å². The Morgan fingerprint density at radius 2 is 2.20 bits per heavy atom. The molecule has 1 aliphatic rings. The average molecular weight is 344 g/mol. The molecule has 1 fully saturated rings. The van der Waals surface area contributed by atoms with Crippen molar-refractivity contribution < 1.29 is 14.0 Å². The van der Waals surface area contributed by atoms with Gasteiger partial charge in [0.15, 0.2) is 0 Å². The molecule has 1 unspecified atom stereocenters. The number of likely N-dealkylation sites (N-methyl/N-ethyl adjacent to an activating group) is 1. The van der Waals surface area contributed by atoms with Crippen LogP contribution >= 0.6 is 0 Å².